The summed E-state index contributed by atoms with van der Waals surface area (Å²) < 4.78 is 0. The summed E-state index contributed by atoms with van der Waals surface area (Å²) in [6.45, 7) is 8.36. The van der Waals surface area contributed by atoms with Crippen LogP contribution < -0.4 is 0 Å². The predicted molar refractivity (Wildman–Crippen MR) is 89.5 cm³/mol. The number of ketones is 1. The molecule has 0 bridgehead atoms. The van der Waals surface area contributed by atoms with Crippen molar-refractivity contribution in [2.45, 2.75) is 71.6 Å². The third-order valence-electron chi connectivity index (χ3n) is 3.74. The fraction of sp³-hybridized carbons (Fsp3) is 0.611. The van der Waals surface area contributed by atoms with E-state index in [4.69, 9.17) is 11.6 Å². The van der Waals surface area contributed by atoms with E-state index in [1.807, 2.05) is 0 Å². The first-order valence-electron chi connectivity index (χ1n) is 7.83. The monoisotopic (exact) mass is 310 g/mol. The fourth-order valence-corrected chi connectivity index (χ4v) is 2.49. The zero-order valence-corrected chi connectivity index (χ0v) is 14.4. The van der Waals surface area contributed by atoms with Gasteiger partial charge < -0.3 is 5.11 Å². The molecule has 0 saturated heterocycles. The maximum absolute atomic E-state index is 12.3. The highest BCUT2D eigenvalue weighted by Gasteiger charge is 2.21. The topological polar surface area (TPSA) is 37.3 Å². The van der Waals surface area contributed by atoms with Crippen molar-refractivity contribution in [3.05, 3.63) is 28.3 Å². The number of unbranched alkanes of at least 4 members (excludes halogenated alkanes) is 4. The van der Waals surface area contributed by atoms with E-state index in [1.165, 1.54) is 19.3 Å². The molecule has 0 aliphatic heterocycles. The van der Waals surface area contributed by atoms with Gasteiger partial charge in [-0.15, -0.1) is 0 Å². The maximum Gasteiger partial charge on any atom is 0.166 e. The zero-order chi connectivity index (χ0) is 16.0. The summed E-state index contributed by atoms with van der Waals surface area (Å²) in [5.41, 5.74) is 1.23. The summed E-state index contributed by atoms with van der Waals surface area (Å²) in [4.78, 5) is 12.3. The molecule has 118 valence electrons. The van der Waals surface area contributed by atoms with Gasteiger partial charge in [0.05, 0.1) is 10.6 Å². The van der Waals surface area contributed by atoms with Crippen molar-refractivity contribution in [3.8, 4) is 5.75 Å². The van der Waals surface area contributed by atoms with Crippen LogP contribution in [0.25, 0.3) is 0 Å². The van der Waals surface area contributed by atoms with Crippen molar-refractivity contribution in [2.24, 2.45) is 0 Å². The normalized spacial score (nSPS) is 11.7. The number of Topliss-reactive ketones (excluding diaryl/α,β-unsaturated/α-hetero) is 1. The minimum atomic E-state index is -0.104. The number of halogens is 1. The first-order valence-corrected chi connectivity index (χ1v) is 8.21. The maximum atomic E-state index is 12.3. The molecule has 0 aliphatic rings. The summed E-state index contributed by atoms with van der Waals surface area (Å²) in [6, 6.07) is 3.53. The van der Waals surface area contributed by atoms with E-state index in [-0.39, 0.29) is 22.0 Å². The number of rotatable bonds is 7. The lowest BCUT2D eigenvalue weighted by Gasteiger charge is -2.21. The fourth-order valence-electron chi connectivity index (χ4n) is 2.27. The Hall–Kier alpha value is -1.02. The van der Waals surface area contributed by atoms with Crippen molar-refractivity contribution in [2.75, 3.05) is 0 Å². The molecule has 1 rings (SSSR count). The van der Waals surface area contributed by atoms with Crippen molar-refractivity contribution >= 4 is 17.4 Å². The molecule has 0 atom stereocenters. The second kappa shape index (κ2) is 7.84. The number of hydrogen-bond donors (Lipinski definition) is 1. The first kappa shape index (κ1) is 18.0. The molecule has 0 unspecified atom stereocenters. The quantitative estimate of drug-likeness (QED) is 0.504. The Bertz CT molecular complexity index is 487. The Morgan fingerprint density at radius 2 is 1.76 bits per heavy atom. The zero-order valence-electron chi connectivity index (χ0n) is 13.6. The van der Waals surface area contributed by atoms with Gasteiger partial charge in [-0.3, -0.25) is 4.79 Å². The molecule has 0 saturated carbocycles. The lowest BCUT2D eigenvalue weighted by molar-refractivity contribution is 0.0976. The second-order valence-electron chi connectivity index (χ2n) is 6.69. The number of benzene rings is 1. The van der Waals surface area contributed by atoms with Crippen LogP contribution >= 0.6 is 11.6 Å². The van der Waals surface area contributed by atoms with Gasteiger partial charge in [-0.25, -0.2) is 0 Å². The molecule has 0 aliphatic carbocycles. The minimum Gasteiger partial charge on any atom is -0.506 e. The van der Waals surface area contributed by atoms with Gasteiger partial charge in [0.25, 0.3) is 0 Å². The largest absolute Gasteiger partial charge is 0.506 e. The molecular weight excluding hydrogens is 284 g/mol. The summed E-state index contributed by atoms with van der Waals surface area (Å²) in [5, 5.41) is 10.3. The van der Waals surface area contributed by atoms with Crippen molar-refractivity contribution in [1.29, 1.82) is 0 Å². The van der Waals surface area contributed by atoms with Gasteiger partial charge in [-0.1, -0.05) is 65.0 Å². The molecule has 0 amide bonds. The molecular formula is C18H27ClO2. The third-order valence-corrected chi connectivity index (χ3v) is 4.03. The number of carbonyl (C=O) groups is 1. The lowest BCUT2D eigenvalue weighted by Crippen LogP contribution is -2.13. The molecule has 0 spiro atoms. The van der Waals surface area contributed by atoms with E-state index in [2.05, 4.69) is 27.7 Å². The summed E-state index contributed by atoms with van der Waals surface area (Å²) in [6.07, 6.45) is 5.98. The Morgan fingerprint density at radius 3 is 2.33 bits per heavy atom. The second-order valence-corrected chi connectivity index (χ2v) is 7.10. The molecule has 1 aromatic rings. The molecule has 21 heavy (non-hydrogen) atoms. The minimum absolute atomic E-state index is 0.0167. The lowest BCUT2D eigenvalue weighted by atomic mass is 9.85. The highest BCUT2D eigenvalue weighted by Crippen LogP contribution is 2.34. The number of hydrogen-bond acceptors (Lipinski definition) is 2. The molecule has 1 aromatic carbocycles. The smallest absolute Gasteiger partial charge is 0.166 e. The van der Waals surface area contributed by atoms with Crippen LogP contribution in [0.1, 0.15) is 82.1 Å². The Morgan fingerprint density at radius 1 is 1.14 bits per heavy atom. The van der Waals surface area contributed by atoms with Crippen LogP contribution in [0.4, 0.5) is 0 Å². The van der Waals surface area contributed by atoms with E-state index < -0.39 is 0 Å². The van der Waals surface area contributed by atoms with Crippen LogP contribution in [0.3, 0.4) is 0 Å². The summed E-state index contributed by atoms with van der Waals surface area (Å²) >= 11 is 6.07. The SMILES string of the molecule is CCCCCCCC(=O)c1cc(C(C)(C)C)cc(Cl)c1O. The van der Waals surface area contributed by atoms with Gasteiger partial charge in [0.1, 0.15) is 5.75 Å². The number of phenolic OH excluding ortho intramolecular Hbond substituents is 1. The van der Waals surface area contributed by atoms with Crippen LogP contribution in [0.5, 0.6) is 5.75 Å². The molecule has 0 heterocycles. The van der Waals surface area contributed by atoms with E-state index in [1.54, 1.807) is 12.1 Å². The van der Waals surface area contributed by atoms with E-state index in [0.29, 0.717) is 12.0 Å². The van der Waals surface area contributed by atoms with Gasteiger partial charge in [0, 0.05) is 6.42 Å². The average molecular weight is 311 g/mol. The number of phenols is 1. The molecule has 0 radical (unpaired) electrons. The Balaban J connectivity index is 2.81. The van der Waals surface area contributed by atoms with Gasteiger partial charge in [-0.2, -0.15) is 0 Å². The van der Waals surface area contributed by atoms with Crippen molar-refractivity contribution in [3.63, 3.8) is 0 Å². The Kier molecular flexibility index (Phi) is 6.73. The number of aromatic hydroxyl groups is 1. The van der Waals surface area contributed by atoms with Crippen LogP contribution in [-0.2, 0) is 5.41 Å². The molecule has 0 fully saturated rings. The van der Waals surface area contributed by atoms with Crippen LogP contribution in [0, 0.1) is 0 Å². The Labute approximate surface area is 133 Å². The van der Waals surface area contributed by atoms with E-state index in [9.17, 15) is 9.90 Å². The summed E-state index contributed by atoms with van der Waals surface area (Å²) in [5.74, 6) is -0.0970. The highest BCUT2D eigenvalue weighted by atomic mass is 35.5. The molecule has 2 nitrogen and oxygen atoms in total. The predicted octanol–water partition coefficient (Wildman–Crippen LogP) is 5.89. The summed E-state index contributed by atoms with van der Waals surface area (Å²) in [7, 11) is 0. The molecule has 1 N–H and O–H groups in total. The van der Waals surface area contributed by atoms with Crippen LogP contribution in [0.15, 0.2) is 12.1 Å². The van der Waals surface area contributed by atoms with Gasteiger partial charge in [0.2, 0.25) is 0 Å². The van der Waals surface area contributed by atoms with Crippen LogP contribution in [-0.4, -0.2) is 10.9 Å². The molecule has 3 heteroatoms. The van der Waals surface area contributed by atoms with Crippen molar-refractivity contribution < 1.29 is 9.90 Å². The molecule has 0 aromatic heterocycles. The number of carbonyl (C=O) groups excluding carboxylic acids is 1. The highest BCUT2D eigenvalue weighted by molar-refractivity contribution is 6.32. The average Bonchev–Trinajstić information content (AvgIpc) is 2.40. The standard InChI is InChI=1S/C18H27ClO2/c1-5-6-7-8-9-10-16(20)14-11-13(18(2,3)4)12-15(19)17(14)21/h11-12,21H,5-10H2,1-4H3. The third kappa shape index (κ3) is 5.35. The van der Waals surface area contributed by atoms with Gasteiger partial charge in [0.15, 0.2) is 5.78 Å². The van der Waals surface area contributed by atoms with Gasteiger partial charge in [-0.05, 0) is 29.5 Å². The van der Waals surface area contributed by atoms with Crippen molar-refractivity contribution in [1.82, 2.24) is 0 Å². The van der Waals surface area contributed by atoms with Crippen LogP contribution in [0.2, 0.25) is 5.02 Å². The van der Waals surface area contributed by atoms with E-state index in [0.717, 1.165) is 18.4 Å². The first-order chi connectivity index (χ1) is 9.77. The van der Waals surface area contributed by atoms with Gasteiger partial charge >= 0.3 is 0 Å². The van der Waals surface area contributed by atoms with E-state index >= 15 is 0 Å².